The number of rotatable bonds is 1. The maximum absolute atomic E-state index is 12.0. The Morgan fingerprint density at radius 3 is 2.93 bits per heavy atom. The molecule has 0 aliphatic heterocycles. The van der Waals surface area contributed by atoms with Gasteiger partial charge in [0.05, 0.1) is 4.83 Å². The van der Waals surface area contributed by atoms with Crippen LogP contribution < -0.4 is 0 Å². The lowest BCUT2D eigenvalue weighted by Crippen LogP contribution is -2.30. The Balaban J connectivity index is 2.51. The third kappa shape index (κ3) is 1.78. The number of benzene rings is 1. The normalized spacial score (nSPS) is 24.8. The van der Waals surface area contributed by atoms with E-state index >= 15 is 0 Å². The van der Waals surface area contributed by atoms with Gasteiger partial charge in [0.25, 0.3) is 0 Å². The molecule has 0 spiro atoms. The highest BCUT2D eigenvalue weighted by Gasteiger charge is 2.30. The van der Waals surface area contributed by atoms with Crippen LogP contribution in [0.5, 0.6) is 0 Å². The summed E-state index contributed by atoms with van der Waals surface area (Å²) < 4.78 is 0. The van der Waals surface area contributed by atoms with Gasteiger partial charge < -0.3 is 0 Å². The van der Waals surface area contributed by atoms with Gasteiger partial charge in [0.15, 0.2) is 5.78 Å². The van der Waals surface area contributed by atoms with Gasteiger partial charge in [0.1, 0.15) is 0 Å². The second kappa shape index (κ2) is 3.93. The van der Waals surface area contributed by atoms with Gasteiger partial charge in [-0.2, -0.15) is 0 Å². The van der Waals surface area contributed by atoms with Crippen molar-refractivity contribution < 1.29 is 4.79 Å². The lowest BCUT2D eigenvalue weighted by Gasteiger charge is -2.25. The molecule has 0 N–H and O–H groups in total. The first-order valence-electron chi connectivity index (χ1n) is 5.07. The molecule has 0 amide bonds. The maximum atomic E-state index is 12.0. The van der Waals surface area contributed by atoms with Crippen molar-refractivity contribution in [2.45, 2.75) is 18.2 Å². The molecule has 15 heavy (non-hydrogen) atoms. The van der Waals surface area contributed by atoms with Gasteiger partial charge in [-0.1, -0.05) is 47.6 Å². The monoisotopic (exact) mass is 264 g/mol. The van der Waals surface area contributed by atoms with E-state index in [-0.39, 0.29) is 10.6 Å². The molecule has 78 valence electrons. The number of alkyl halides is 1. The molecule has 1 aromatic rings. The number of Topliss-reactive ketones (excluding diaryl/α,β-unsaturated/α-hetero) is 1. The fourth-order valence-electron chi connectivity index (χ4n) is 1.99. The molecule has 1 aliphatic carbocycles. The van der Waals surface area contributed by atoms with E-state index in [9.17, 15) is 4.79 Å². The average Bonchev–Trinajstić information content (AvgIpc) is 2.26. The van der Waals surface area contributed by atoms with E-state index in [0.29, 0.717) is 5.92 Å². The minimum Gasteiger partial charge on any atom is -0.293 e. The van der Waals surface area contributed by atoms with Crippen molar-refractivity contribution >= 4 is 27.8 Å². The molecule has 0 radical (unpaired) electrons. The summed E-state index contributed by atoms with van der Waals surface area (Å²) in [6, 6.07) is 5.99. The zero-order valence-electron chi connectivity index (χ0n) is 8.66. The van der Waals surface area contributed by atoms with E-state index in [1.165, 1.54) is 0 Å². The molecule has 2 rings (SSSR count). The van der Waals surface area contributed by atoms with Crippen LogP contribution in [0.2, 0.25) is 0 Å². The first kappa shape index (κ1) is 10.6. The van der Waals surface area contributed by atoms with E-state index < -0.39 is 0 Å². The highest BCUT2D eigenvalue weighted by atomic mass is 79.9. The van der Waals surface area contributed by atoms with Gasteiger partial charge in [0.2, 0.25) is 0 Å². The Morgan fingerprint density at radius 2 is 2.27 bits per heavy atom. The van der Waals surface area contributed by atoms with E-state index in [2.05, 4.69) is 29.4 Å². The van der Waals surface area contributed by atoms with Crippen molar-refractivity contribution in [1.29, 1.82) is 0 Å². The minimum atomic E-state index is -0.0370. The van der Waals surface area contributed by atoms with Gasteiger partial charge in [-0.05, 0) is 29.5 Å². The predicted molar refractivity (Wildman–Crippen MR) is 66.4 cm³/mol. The van der Waals surface area contributed by atoms with Crippen LogP contribution in [-0.4, -0.2) is 10.6 Å². The summed E-state index contributed by atoms with van der Waals surface area (Å²) in [4.78, 5) is 12.0. The number of fused-ring (bicyclic) bond motifs is 1. The summed E-state index contributed by atoms with van der Waals surface area (Å²) in [6.07, 6.45) is 2.74. The number of halogens is 1. The van der Waals surface area contributed by atoms with Gasteiger partial charge in [-0.15, -0.1) is 0 Å². The van der Waals surface area contributed by atoms with E-state index in [1.807, 2.05) is 18.2 Å². The zero-order valence-corrected chi connectivity index (χ0v) is 10.3. The molecule has 0 bridgehead atoms. The maximum Gasteiger partial charge on any atom is 0.177 e. The summed E-state index contributed by atoms with van der Waals surface area (Å²) in [6.45, 7) is 5.81. The Labute approximate surface area is 98.3 Å². The first-order chi connectivity index (χ1) is 7.13. The molecular weight excluding hydrogens is 252 g/mol. The largest absolute Gasteiger partial charge is 0.293 e. The molecule has 0 aromatic heterocycles. The Kier molecular flexibility index (Phi) is 2.79. The number of hydrogen-bond donors (Lipinski definition) is 0. The van der Waals surface area contributed by atoms with Crippen molar-refractivity contribution in [2.24, 2.45) is 5.92 Å². The van der Waals surface area contributed by atoms with Crippen LogP contribution in [0.25, 0.3) is 6.08 Å². The van der Waals surface area contributed by atoms with Gasteiger partial charge >= 0.3 is 0 Å². The third-order valence-corrected chi connectivity index (χ3v) is 4.25. The van der Waals surface area contributed by atoms with Crippen molar-refractivity contribution in [3.63, 3.8) is 0 Å². The second-order valence-electron chi connectivity index (χ2n) is 4.07. The van der Waals surface area contributed by atoms with Crippen LogP contribution in [0, 0.1) is 5.92 Å². The zero-order chi connectivity index (χ0) is 11.0. The van der Waals surface area contributed by atoms with Gasteiger partial charge in [-0.3, -0.25) is 4.79 Å². The van der Waals surface area contributed by atoms with E-state index in [1.54, 1.807) is 6.08 Å². The number of ketones is 1. The predicted octanol–water partition coefficient (Wildman–Crippen LogP) is 3.47. The van der Waals surface area contributed by atoms with Crippen molar-refractivity contribution in [3.8, 4) is 0 Å². The summed E-state index contributed by atoms with van der Waals surface area (Å²) >= 11 is 3.46. The highest BCUT2D eigenvalue weighted by molar-refractivity contribution is 9.10. The standard InChI is InChI=1S/C13H13BrO/c1-3-9-4-5-10-6-8(2)12(14)13(15)11(10)7-9/h3-5,7-8,12H,1,6H2,2H3. The Hall–Kier alpha value is -0.890. The SMILES string of the molecule is C=Cc1ccc2c(c1)C(=O)C(Br)C(C)C2. The molecule has 0 saturated carbocycles. The molecule has 2 heteroatoms. The summed E-state index contributed by atoms with van der Waals surface area (Å²) in [5, 5.41) is 0. The fraction of sp³-hybridized carbons (Fsp3) is 0.308. The molecule has 0 saturated heterocycles. The number of hydrogen-bond acceptors (Lipinski definition) is 1. The van der Waals surface area contributed by atoms with Crippen LogP contribution in [0.3, 0.4) is 0 Å². The van der Waals surface area contributed by atoms with Gasteiger partial charge in [0, 0.05) is 5.56 Å². The second-order valence-corrected chi connectivity index (χ2v) is 5.05. The molecular formula is C13H13BrO. The third-order valence-electron chi connectivity index (χ3n) is 2.93. The van der Waals surface area contributed by atoms with Crippen molar-refractivity contribution in [3.05, 3.63) is 41.5 Å². The number of carbonyl (C=O) groups is 1. The topological polar surface area (TPSA) is 17.1 Å². The Morgan fingerprint density at radius 1 is 1.53 bits per heavy atom. The van der Waals surface area contributed by atoms with E-state index in [0.717, 1.165) is 23.1 Å². The Bertz CT molecular complexity index is 423. The summed E-state index contributed by atoms with van der Waals surface area (Å²) in [5.41, 5.74) is 3.03. The van der Waals surface area contributed by atoms with Gasteiger partial charge in [-0.25, -0.2) is 0 Å². The molecule has 0 heterocycles. The van der Waals surface area contributed by atoms with Crippen LogP contribution in [0.4, 0.5) is 0 Å². The van der Waals surface area contributed by atoms with Crippen LogP contribution >= 0.6 is 15.9 Å². The fourth-order valence-corrected chi connectivity index (χ4v) is 2.42. The average molecular weight is 265 g/mol. The smallest absolute Gasteiger partial charge is 0.177 e. The van der Waals surface area contributed by atoms with Crippen molar-refractivity contribution in [2.75, 3.05) is 0 Å². The molecule has 2 atom stereocenters. The summed E-state index contributed by atoms with van der Waals surface area (Å²) in [7, 11) is 0. The van der Waals surface area contributed by atoms with Crippen LogP contribution in [-0.2, 0) is 6.42 Å². The number of carbonyl (C=O) groups excluding carboxylic acids is 1. The highest BCUT2D eigenvalue weighted by Crippen LogP contribution is 2.30. The lowest BCUT2D eigenvalue weighted by molar-refractivity contribution is 0.0964. The molecule has 1 aromatic carbocycles. The minimum absolute atomic E-state index is 0.0370. The summed E-state index contributed by atoms with van der Waals surface area (Å²) in [5.74, 6) is 0.576. The van der Waals surface area contributed by atoms with Crippen LogP contribution in [0.15, 0.2) is 24.8 Å². The van der Waals surface area contributed by atoms with E-state index in [4.69, 9.17) is 0 Å². The molecule has 1 nitrogen and oxygen atoms in total. The van der Waals surface area contributed by atoms with Crippen molar-refractivity contribution in [1.82, 2.24) is 0 Å². The molecule has 0 fully saturated rings. The first-order valence-corrected chi connectivity index (χ1v) is 5.98. The lowest BCUT2D eigenvalue weighted by atomic mass is 9.83. The molecule has 2 unspecified atom stereocenters. The van der Waals surface area contributed by atoms with Crippen LogP contribution in [0.1, 0.15) is 28.4 Å². The quantitative estimate of drug-likeness (QED) is 0.710. The molecule has 1 aliphatic rings.